The minimum absolute atomic E-state index is 0.115. The number of allylic oxidation sites excluding steroid dienone is 1. The Kier molecular flexibility index (Phi) is 3.51. The summed E-state index contributed by atoms with van der Waals surface area (Å²) in [4.78, 5) is 16.0. The molecule has 2 aliphatic heterocycles. The second-order valence-corrected chi connectivity index (χ2v) is 5.35. The summed E-state index contributed by atoms with van der Waals surface area (Å²) in [5.74, 6) is 0. The number of nitrogens with zero attached hydrogens (tertiary/aromatic N) is 2. The van der Waals surface area contributed by atoms with Crippen molar-refractivity contribution >= 4 is 17.3 Å². The van der Waals surface area contributed by atoms with Crippen LogP contribution in [-0.4, -0.2) is 9.99 Å². The fourth-order valence-electron chi connectivity index (χ4n) is 2.25. The van der Waals surface area contributed by atoms with E-state index in [0.29, 0.717) is 5.70 Å². The van der Waals surface area contributed by atoms with Crippen molar-refractivity contribution in [1.82, 2.24) is 10.5 Å². The molecule has 2 aliphatic rings. The molecule has 0 spiro atoms. The minimum Gasteiger partial charge on any atom is -0.350 e. The molecule has 7 nitrogen and oxygen atoms in total. The lowest BCUT2D eigenvalue weighted by Gasteiger charge is -2.22. The zero-order valence-electron chi connectivity index (χ0n) is 11.9. The van der Waals surface area contributed by atoms with Gasteiger partial charge in [0.25, 0.3) is 0 Å². The second-order valence-electron chi connectivity index (χ2n) is 4.96. The van der Waals surface area contributed by atoms with E-state index in [1.807, 2.05) is 32.0 Å². The SMILES string of the molecule is Cc1ccc(C)c(NC2=C([N+](=O)[O-])C3=CNON3C(Cl)=C2)c1. The van der Waals surface area contributed by atoms with Crippen LogP contribution in [0.25, 0.3) is 0 Å². The smallest absolute Gasteiger partial charge is 0.320 e. The Morgan fingerprint density at radius 1 is 1.41 bits per heavy atom. The fourth-order valence-corrected chi connectivity index (χ4v) is 2.49. The van der Waals surface area contributed by atoms with Crippen LogP contribution in [0.15, 0.2) is 52.7 Å². The van der Waals surface area contributed by atoms with Crippen LogP contribution in [0, 0.1) is 24.0 Å². The van der Waals surface area contributed by atoms with Crippen molar-refractivity contribution in [1.29, 1.82) is 0 Å². The molecule has 2 N–H and O–H groups in total. The molecule has 1 aromatic carbocycles. The van der Waals surface area contributed by atoms with Gasteiger partial charge in [-0.2, -0.15) is 5.06 Å². The zero-order valence-corrected chi connectivity index (χ0v) is 12.6. The van der Waals surface area contributed by atoms with Gasteiger partial charge in [-0.05, 0) is 31.0 Å². The molecular weight excluding hydrogens is 308 g/mol. The lowest BCUT2D eigenvalue weighted by atomic mass is 10.1. The van der Waals surface area contributed by atoms with Crippen LogP contribution in [0.3, 0.4) is 0 Å². The third-order valence-electron chi connectivity index (χ3n) is 3.36. The first-order valence-corrected chi connectivity index (χ1v) is 6.88. The molecular formula is C14H13ClN4O3. The predicted molar refractivity (Wildman–Crippen MR) is 81.6 cm³/mol. The number of nitro groups is 1. The van der Waals surface area contributed by atoms with Crippen LogP contribution in [0.2, 0.25) is 0 Å². The summed E-state index contributed by atoms with van der Waals surface area (Å²) in [6, 6.07) is 5.85. The van der Waals surface area contributed by atoms with Crippen LogP contribution in [0.1, 0.15) is 11.1 Å². The average molecular weight is 321 g/mol. The summed E-state index contributed by atoms with van der Waals surface area (Å²) in [6.07, 6.45) is 2.85. The number of anilines is 1. The van der Waals surface area contributed by atoms with Gasteiger partial charge in [-0.15, -0.1) is 4.94 Å². The molecule has 22 heavy (non-hydrogen) atoms. The lowest BCUT2D eigenvalue weighted by Crippen LogP contribution is -2.26. The average Bonchev–Trinajstić information content (AvgIpc) is 2.92. The van der Waals surface area contributed by atoms with Crippen LogP contribution in [0.4, 0.5) is 5.69 Å². The van der Waals surface area contributed by atoms with E-state index < -0.39 is 4.92 Å². The topological polar surface area (TPSA) is 79.7 Å². The monoisotopic (exact) mass is 320 g/mol. The van der Waals surface area contributed by atoms with Gasteiger partial charge in [0.1, 0.15) is 10.9 Å². The molecule has 0 saturated carbocycles. The largest absolute Gasteiger partial charge is 0.350 e. The maximum Gasteiger partial charge on any atom is 0.320 e. The van der Waals surface area contributed by atoms with E-state index in [4.69, 9.17) is 16.5 Å². The summed E-state index contributed by atoms with van der Waals surface area (Å²) < 4.78 is 0. The van der Waals surface area contributed by atoms with Gasteiger partial charge in [0, 0.05) is 11.8 Å². The Hall–Kier alpha value is -2.51. The van der Waals surface area contributed by atoms with Gasteiger partial charge in [-0.1, -0.05) is 23.7 Å². The fraction of sp³-hybridized carbons (Fsp3) is 0.143. The van der Waals surface area contributed by atoms with Crippen molar-refractivity contribution in [3.05, 3.63) is 74.0 Å². The molecule has 0 atom stereocenters. The lowest BCUT2D eigenvalue weighted by molar-refractivity contribution is -0.425. The highest BCUT2D eigenvalue weighted by Gasteiger charge is 2.37. The number of nitrogens with one attached hydrogen (secondary N) is 2. The third-order valence-corrected chi connectivity index (χ3v) is 3.62. The molecule has 0 fully saturated rings. The molecule has 3 rings (SSSR count). The van der Waals surface area contributed by atoms with Crippen LogP contribution >= 0.6 is 11.6 Å². The molecule has 0 amide bonds. The number of hydrogen-bond acceptors (Lipinski definition) is 6. The van der Waals surface area contributed by atoms with Gasteiger partial charge in [-0.3, -0.25) is 10.1 Å². The number of rotatable bonds is 3. The molecule has 0 saturated heterocycles. The van der Waals surface area contributed by atoms with E-state index in [1.165, 1.54) is 12.3 Å². The maximum absolute atomic E-state index is 11.4. The van der Waals surface area contributed by atoms with Gasteiger partial charge in [0.05, 0.1) is 11.1 Å². The van der Waals surface area contributed by atoms with E-state index >= 15 is 0 Å². The van der Waals surface area contributed by atoms with Crippen molar-refractivity contribution in [3.8, 4) is 0 Å². The zero-order chi connectivity index (χ0) is 15.9. The Bertz CT molecular complexity index is 754. The third kappa shape index (κ3) is 2.40. The number of benzene rings is 1. The highest BCUT2D eigenvalue weighted by Crippen LogP contribution is 2.34. The minimum atomic E-state index is -0.470. The molecule has 1 aromatic rings. The normalized spacial score (nSPS) is 16.8. The van der Waals surface area contributed by atoms with Crippen molar-refractivity contribution in [2.45, 2.75) is 13.8 Å². The van der Waals surface area contributed by atoms with Crippen molar-refractivity contribution < 1.29 is 9.86 Å². The van der Waals surface area contributed by atoms with Crippen molar-refractivity contribution in [3.63, 3.8) is 0 Å². The molecule has 0 aliphatic carbocycles. The Morgan fingerprint density at radius 2 is 2.18 bits per heavy atom. The van der Waals surface area contributed by atoms with Gasteiger partial charge < -0.3 is 5.32 Å². The number of aryl methyl sites for hydroxylation is 2. The molecule has 2 heterocycles. The first-order valence-electron chi connectivity index (χ1n) is 6.50. The van der Waals surface area contributed by atoms with Gasteiger partial charge in [-0.25, -0.2) is 5.48 Å². The molecule has 0 bridgehead atoms. The quantitative estimate of drug-likeness (QED) is 0.506. The second kappa shape index (κ2) is 5.36. The van der Waals surface area contributed by atoms with Crippen molar-refractivity contribution in [2.24, 2.45) is 0 Å². The van der Waals surface area contributed by atoms with Crippen LogP contribution in [-0.2, 0) is 4.94 Å². The van der Waals surface area contributed by atoms with Crippen LogP contribution < -0.4 is 10.8 Å². The Labute approximate surface area is 131 Å². The van der Waals surface area contributed by atoms with Crippen molar-refractivity contribution in [2.75, 3.05) is 5.32 Å². The standard InChI is InChI=1S/C14H13ClN4O3/c1-8-3-4-9(2)10(5-8)17-11-6-13(15)18-12(7-16-22-18)14(11)19(20)21/h3-7,16-17H,1-2H3. The summed E-state index contributed by atoms with van der Waals surface area (Å²) in [5.41, 5.74) is 5.70. The van der Waals surface area contributed by atoms with Gasteiger partial charge >= 0.3 is 5.70 Å². The van der Waals surface area contributed by atoms with E-state index in [2.05, 4.69) is 10.8 Å². The van der Waals surface area contributed by atoms with Crippen LogP contribution in [0.5, 0.6) is 0 Å². The first-order chi connectivity index (χ1) is 10.5. The Morgan fingerprint density at radius 3 is 2.91 bits per heavy atom. The van der Waals surface area contributed by atoms with E-state index in [9.17, 15) is 10.1 Å². The van der Waals surface area contributed by atoms with Gasteiger partial charge in [0.2, 0.25) is 0 Å². The summed E-state index contributed by atoms with van der Waals surface area (Å²) in [7, 11) is 0. The van der Waals surface area contributed by atoms with Gasteiger partial charge in [0.15, 0.2) is 5.70 Å². The number of halogens is 1. The first kappa shape index (κ1) is 14.4. The highest BCUT2D eigenvalue weighted by molar-refractivity contribution is 6.29. The molecule has 0 unspecified atom stereocenters. The summed E-state index contributed by atoms with van der Waals surface area (Å²) in [6.45, 7) is 3.88. The summed E-state index contributed by atoms with van der Waals surface area (Å²) >= 11 is 6.10. The van der Waals surface area contributed by atoms with E-state index in [0.717, 1.165) is 21.9 Å². The summed E-state index contributed by atoms with van der Waals surface area (Å²) in [5, 5.41) is 15.9. The molecule has 0 aromatic heterocycles. The number of hydroxylamine groups is 3. The molecule has 114 valence electrons. The van der Waals surface area contributed by atoms with E-state index in [1.54, 1.807) is 0 Å². The predicted octanol–water partition coefficient (Wildman–Crippen LogP) is 2.89. The number of fused-ring (bicyclic) bond motifs is 1. The molecule has 0 radical (unpaired) electrons. The Balaban J connectivity index is 2.08. The maximum atomic E-state index is 11.4. The molecule has 8 heteroatoms. The highest BCUT2D eigenvalue weighted by atomic mass is 35.5. The number of hydrogen-bond donors (Lipinski definition) is 2. The van der Waals surface area contributed by atoms with E-state index in [-0.39, 0.29) is 16.6 Å².